The maximum atomic E-state index is 12.4. The van der Waals surface area contributed by atoms with Crippen LogP contribution in [0.25, 0.3) is 11.0 Å². The van der Waals surface area contributed by atoms with E-state index in [0.717, 1.165) is 18.5 Å². The van der Waals surface area contributed by atoms with Crippen molar-refractivity contribution in [3.05, 3.63) is 38.1 Å². The summed E-state index contributed by atoms with van der Waals surface area (Å²) in [6, 6.07) is 1.85. The van der Waals surface area contributed by atoms with E-state index in [-0.39, 0.29) is 33.9 Å². The normalized spacial score (nSPS) is 15.2. The van der Waals surface area contributed by atoms with E-state index in [1.165, 1.54) is 6.92 Å². The Hall–Kier alpha value is -2.04. The van der Waals surface area contributed by atoms with Crippen LogP contribution in [0, 0.1) is 13.8 Å². The van der Waals surface area contributed by atoms with Crippen LogP contribution >= 0.6 is 0 Å². The van der Waals surface area contributed by atoms with Crippen molar-refractivity contribution in [3.8, 4) is 5.75 Å². The van der Waals surface area contributed by atoms with E-state index in [0.29, 0.717) is 0 Å². The van der Waals surface area contributed by atoms with Gasteiger partial charge < -0.3 is 14.1 Å². The van der Waals surface area contributed by atoms with E-state index in [4.69, 9.17) is 4.42 Å². The predicted octanol–water partition coefficient (Wildman–Crippen LogP) is 1.61. The van der Waals surface area contributed by atoms with Gasteiger partial charge in [-0.15, -0.1) is 0 Å². The van der Waals surface area contributed by atoms with E-state index in [1.54, 1.807) is 17.6 Å². The molecule has 94 valence electrons. The molecule has 2 aromatic rings. The SMILES string of the molecule is Cc1c(O)c2c(=O)n(C3CC3)c(C)cc2oc1=O. The number of aromatic nitrogens is 1. The highest BCUT2D eigenvalue weighted by molar-refractivity contribution is 5.83. The third-order valence-corrected chi connectivity index (χ3v) is 3.41. The van der Waals surface area contributed by atoms with Gasteiger partial charge in [0, 0.05) is 17.8 Å². The molecular formula is C13H13NO4. The molecule has 1 N–H and O–H groups in total. The molecule has 18 heavy (non-hydrogen) atoms. The Morgan fingerprint density at radius 3 is 2.61 bits per heavy atom. The van der Waals surface area contributed by atoms with Crippen molar-refractivity contribution in [2.24, 2.45) is 0 Å². The van der Waals surface area contributed by atoms with Crippen LogP contribution < -0.4 is 11.2 Å². The number of fused-ring (bicyclic) bond motifs is 1. The maximum Gasteiger partial charge on any atom is 0.342 e. The van der Waals surface area contributed by atoms with Crippen molar-refractivity contribution in [1.29, 1.82) is 0 Å². The summed E-state index contributed by atoms with van der Waals surface area (Å²) in [4.78, 5) is 23.8. The van der Waals surface area contributed by atoms with Crippen LogP contribution in [-0.2, 0) is 0 Å². The fraction of sp³-hybridized carbons (Fsp3) is 0.385. The number of hydrogen-bond donors (Lipinski definition) is 1. The van der Waals surface area contributed by atoms with Gasteiger partial charge in [-0.05, 0) is 26.7 Å². The number of hydrogen-bond acceptors (Lipinski definition) is 4. The number of pyridine rings is 1. The van der Waals surface area contributed by atoms with Crippen LogP contribution in [0.2, 0.25) is 0 Å². The summed E-state index contributed by atoms with van der Waals surface area (Å²) in [5.74, 6) is -0.263. The van der Waals surface area contributed by atoms with Gasteiger partial charge in [0.2, 0.25) is 0 Å². The average molecular weight is 247 g/mol. The van der Waals surface area contributed by atoms with Crippen LogP contribution in [0.1, 0.15) is 30.1 Å². The maximum absolute atomic E-state index is 12.4. The summed E-state index contributed by atoms with van der Waals surface area (Å²) in [5.41, 5.74) is 0.0922. The first-order valence-corrected chi connectivity index (χ1v) is 5.89. The Bertz CT molecular complexity index is 765. The summed E-state index contributed by atoms with van der Waals surface area (Å²) >= 11 is 0. The minimum atomic E-state index is -0.608. The first kappa shape index (κ1) is 11.1. The second-order valence-electron chi connectivity index (χ2n) is 4.79. The van der Waals surface area contributed by atoms with Gasteiger partial charge in [-0.1, -0.05) is 0 Å². The Labute approximate surface area is 102 Å². The standard InChI is InChI=1S/C13H13NO4/c1-6-5-9-10(11(15)7(2)13(17)18-9)12(16)14(6)8-3-4-8/h5,8,15H,3-4H2,1-2H3. The van der Waals surface area contributed by atoms with Crippen LogP contribution in [0.5, 0.6) is 5.75 Å². The van der Waals surface area contributed by atoms with Crippen molar-refractivity contribution in [2.45, 2.75) is 32.7 Å². The molecule has 1 aliphatic rings. The Kier molecular flexibility index (Phi) is 2.14. The molecule has 0 radical (unpaired) electrons. The van der Waals surface area contributed by atoms with Gasteiger partial charge in [-0.25, -0.2) is 4.79 Å². The molecule has 2 aromatic heterocycles. The molecule has 0 spiro atoms. The zero-order valence-corrected chi connectivity index (χ0v) is 10.2. The fourth-order valence-electron chi connectivity index (χ4n) is 2.26. The highest BCUT2D eigenvalue weighted by Crippen LogP contribution is 2.35. The lowest BCUT2D eigenvalue weighted by Crippen LogP contribution is -2.22. The summed E-state index contributed by atoms with van der Waals surface area (Å²) in [5, 5.41) is 10.1. The highest BCUT2D eigenvalue weighted by atomic mass is 16.4. The van der Waals surface area contributed by atoms with Crippen molar-refractivity contribution < 1.29 is 9.52 Å². The smallest absolute Gasteiger partial charge is 0.342 e. The quantitative estimate of drug-likeness (QED) is 0.831. The van der Waals surface area contributed by atoms with Crippen molar-refractivity contribution in [1.82, 2.24) is 4.57 Å². The number of aromatic hydroxyl groups is 1. The van der Waals surface area contributed by atoms with E-state index < -0.39 is 5.63 Å². The lowest BCUT2D eigenvalue weighted by Gasteiger charge is -2.10. The molecule has 0 aromatic carbocycles. The van der Waals surface area contributed by atoms with Crippen LogP contribution in [0.15, 0.2) is 20.1 Å². The van der Waals surface area contributed by atoms with Gasteiger partial charge >= 0.3 is 5.63 Å². The third kappa shape index (κ3) is 1.40. The molecule has 0 amide bonds. The zero-order chi connectivity index (χ0) is 13.0. The molecule has 5 nitrogen and oxygen atoms in total. The largest absolute Gasteiger partial charge is 0.506 e. The average Bonchev–Trinajstić information content (AvgIpc) is 3.09. The molecule has 2 heterocycles. The first-order valence-electron chi connectivity index (χ1n) is 5.89. The molecular weight excluding hydrogens is 234 g/mol. The third-order valence-electron chi connectivity index (χ3n) is 3.41. The van der Waals surface area contributed by atoms with Gasteiger partial charge in [0.05, 0.1) is 5.56 Å². The van der Waals surface area contributed by atoms with Gasteiger partial charge in [0.25, 0.3) is 5.56 Å². The molecule has 0 atom stereocenters. The molecule has 1 fully saturated rings. The molecule has 1 aliphatic carbocycles. The number of aryl methyl sites for hydroxylation is 1. The molecule has 0 saturated heterocycles. The van der Waals surface area contributed by atoms with E-state index in [1.807, 2.05) is 0 Å². The van der Waals surface area contributed by atoms with Gasteiger partial charge in [-0.2, -0.15) is 0 Å². The van der Waals surface area contributed by atoms with Crippen molar-refractivity contribution in [2.75, 3.05) is 0 Å². The Morgan fingerprint density at radius 1 is 1.33 bits per heavy atom. The molecule has 3 rings (SSSR count). The fourth-order valence-corrected chi connectivity index (χ4v) is 2.26. The summed E-state index contributed by atoms with van der Waals surface area (Å²) in [7, 11) is 0. The lowest BCUT2D eigenvalue weighted by molar-refractivity contribution is 0.459. The highest BCUT2D eigenvalue weighted by Gasteiger charge is 2.28. The molecule has 0 bridgehead atoms. The second kappa shape index (κ2) is 3.48. The van der Waals surface area contributed by atoms with Crippen LogP contribution in [0.3, 0.4) is 0 Å². The van der Waals surface area contributed by atoms with Crippen LogP contribution in [-0.4, -0.2) is 9.67 Å². The molecule has 5 heteroatoms. The minimum absolute atomic E-state index is 0.0748. The first-order chi connectivity index (χ1) is 8.50. The Balaban J connectivity index is 2.51. The molecule has 1 saturated carbocycles. The Morgan fingerprint density at radius 2 is 2.00 bits per heavy atom. The predicted molar refractivity (Wildman–Crippen MR) is 66.2 cm³/mol. The van der Waals surface area contributed by atoms with E-state index in [9.17, 15) is 14.7 Å². The molecule has 0 unspecified atom stereocenters. The summed E-state index contributed by atoms with van der Waals surface area (Å²) in [6.07, 6.45) is 1.95. The molecule has 0 aliphatic heterocycles. The van der Waals surface area contributed by atoms with E-state index >= 15 is 0 Å². The van der Waals surface area contributed by atoms with E-state index in [2.05, 4.69) is 0 Å². The monoisotopic (exact) mass is 247 g/mol. The zero-order valence-electron chi connectivity index (χ0n) is 10.2. The van der Waals surface area contributed by atoms with Crippen molar-refractivity contribution >= 4 is 11.0 Å². The van der Waals surface area contributed by atoms with Gasteiger partial charge in [-0.3, -0.25) is 4.79 Å². The second-order valence-corrected chi connectivity index (χ2v) is 4.79. The lowest BCUT2D eigenvalue weighted by atomic mass is 10.2. The topological polar surface area (TPSA) is 72.4 Å². The van der Waals surface area contributed by atoms with Gasteiger partial charge in [0.1, 0.15) is 16.7 Å². The number of rotatable bonds is 1. The number of nitrogens with zero attached hydrogens (tertiary/aromatic N) is 1. The summed E-state index contributed by atoms with van der Waals surface area (Å²) in [6.45, 7) is 3.25. The minimum Gasteiger partial charge on any atom is -0.506 e. The van der Waals surface area contributed by atoms with Crippen molar-refractivity contribution in [3.63, 3.8) is 0 Å². The van der Waals surface area contributed by atoms with Crippen LogP contribution in [0.4, 0.5) is 0 Å². The summed E-state index contributed by atoms with van der Waals surface area (Å²) < 4.78 is 6.73. The van der Waals surface area contributed by atoms with Gasteiger partial charge in [0.15, 0.2) is 0 Å².